The molecule has 1 fully saturated rings. The number of carbonyl (C=O) groups is 2. The van der Waals surface area contributed by atoms with Gasteiger partial charge in [0.25, 0.3) is 5.91 Å². The van der Waals surface area contributed by atoms with Crippen molar-refractivity contribution in [3.8, 4) is 0 Å². The van der Waals surface area contributed by atoms with Crippen LogP contribution in [0.1, 0.15) is 35.2 Å². The lowest BCUT2D eigenvalue weighted by Gasteiger charge is -2.51. The molecule has 0 radical (unpaired) electrons. The Kier molecular flexibility index (Phi) is 5.17. The van der Waals surface area contributed by atoms with Crippen LogP contribution in [0, 0.1) is 0 Å². The monoisotopic (exact) mass is 522 g/mol. The van der Waals surface area contributed by atoms with Crippen molar-refractivity contribution in [1.29, 1.82) is 0 Å². The van der Waals surface area contributed by atoms with Crippen molar-refractivity contribution < 1.29 is 9.59 Å². The maximum absolute atomic E-state index is 14.3. The van der Waals surface area contributed by atoms with Gasteiger partial charge in [0.1, 0.15) is 0 Å². The van der Waals surface area contributed by atoms with Crippen molar-refractivity contribution in [2.75, 3.05) is 19.6 Å². The molecule has 1 unspecified atom stereocenters. The van der Waals surface area contributed by atoms with E-state index in [-0.39, 0.29) is 24.3 Å². The Morgan fingerprint density at radius 1 is 0.947 bits per heavy atom. The van der Waals surface area contributed by atoms with E-state index in [1.165, 1.54) is 0 Å². The fourth-order valence-corrected chi connectivity index (χ4v) is 6.76. The molecule has 0 saturated carbocycles. The number of piperazine rings is 1. The molecule has 0 spiro atoms. The number of halogens is 1. The molecule has 7 heteroatoms. The minimum absolute atomic E-state index is 0.0487. The van der Waals surface area contributed by atoms with Crippen molar-refractivity contribution in [3.05, 3.63) is 106 Å². The first kappa shape index (κ1) is 23.1. The highest BCUT2D eigenvalue weighted by Crippen LogP contribution is 2.49. The van der Waals surface area contributed by atoms with Crippen LogP contribution >= 0.6 is 11.6 Å². The van der Waals surface area contributed by atoms with Gasteiger partial charge in [0.2, 0.25) is 5.91 Å². The topological polar surface area (TPSA) is 72.2 Å². The lowest BCUT2D eigenvalue weighted by Crippen LogP contribution is -2.67. The second-order valence-corrected chi connectivity index (χ2v) is 10.9. The van der Waals surface area contributed by atoms with Crippen LogP contribution in [0.5, 0.6) is 0 Å². The highest BCUT2D eigenvalue weighted by molar-refractivity contribution is 6.31. The third-order valence-corrected chi connectivity index (χ3v) is 8.77. The largest absolute Gasteiger partial charge is 0.361 e. The molecule has 3 aromatic carbocycles. The fraction of sp³-hybridized carbons (Fsp3) is 0.226. The van der Waals surface area contributed by atoms with Gasteiger partial charge in [0.15, 0.2) is 5.54 Å². The van der Waals surface area contributed by atoms with E-state index in [0.717, 1.165) is 44.2 Å². The molecule has 7 rings (SSSR count). The number of nitrogens with zero attached hydrogens (tertiary/aromatic N) is 2. The molecule has 0 aliphatic carbocycles. The molecule has 2 aliphatic rings. The Hall–Kier alpha value is -4.03. The van der Waals surface area contributed by atoms with Crippen LogP contribution in [0.25, 0.3) is 21.8 Å². The SMILES string of the molecule is C[C@]12C(=O)N(CCc3c[nH]c4ccccc34)CC(=O)N1CC(c1ccccc1Cl)c1c2[nH]c2ccccc12. The molecular formula is C31H27ClN4O2. The first-order chi connectivity index (χ1) is 18.5. The van der Waals surface area contributed by atoms with Crippen molar-refractivity contribution in [2.24, 2.45) is 0 Å². The number of H-pyrrole nitrogens is 2. The van der Waals surface area contributed by atoms with E-state index < -0.39 is 5.54 Å². The lowest BCUT2D eigenvalue weighted by atomic mass is 9.76. The first-order valence-corrected chi connectivity index (χ1v) is 13.3. The maximum Gasteiger partial charge on any atom is 0.254 e. The zero-order chi connectivity index (χ0) is 26.0. The normalized spacial score (nSPS) is 21.3. The maximum atomic E-state index is 14.3. The van der Waals surface area contributed by atoms with Gasteiger partial charge in [-0.25, -0.2) is 0 Å². The highest BCUT2D eigenvalue weighted by Gasteiger charge is 2.56. The van der Waals surface area contributed by atoms with Gasteiger partial charge in [-0.05, 0) is 48.2 Å². The van der Waals surface area contributed by atoms with E-state index in [1.807, 2.05) is 73.8 Å². The van der Waals surface area contributed by atoms with E-state index in [1.54, 1.807) is 9.80 Å². The van der Waals surface area contributed by atoms with Crippen LogP contribution in [0.15, 0.2) is 79.0 Å². The van der Waals surface area contributed by atoms with Crippen molar-refractivity contribution >= 4 is 45.2 Å². The third kappa shape index (κ3) is 3.26. The fourth-order valence-electron chi connectivity index (χ4n) is 6.49. The molecule has 190 valence electrons. The van der Waals surface area contributed by atoms with Gasteiger partial charge in [0.05, 0.1) is 12.2 Å². The molecule has 2 aliphatic heterocycles. The number of aromatic nitrogens is 2. The second kappa shape index (κ2) is 8.50. The van der Waals surface area contributed by atoms with Gasteiger partial charge in [0, 0.05) is 52.0 Å². The van der Waals surface area contributed by atoms with Crippen LogP contribution in [-0.4, -0.2) is 51.2 Å². The third-order valence-electron chi connectivity index (χ3n) is 8.42. The summed E-state index contributed by atoms with van der Waals surface area (Å²) >= 11 is 6.68. The summed E-state index contributed by atoms with van der Waals surface area (Å²) < 4.78 is 0. The van der Waals surface area contributed by atoms with Crippen molar-refractivity contribution in [1.82, 2.24) is 19.8 Å². The summed E-state index contributed by atoms with van der Waals surface area (Å²) in [5.41, 5.74) is 4.83. The molecule has 2 amide bonds. The Labute approximate surface area is 225 Å². The lowest BCUT2D eigenvalue weighted by molar-refractivity contribution is -0.166. The Morgan fingerprint density at radius 2 is 1.66 bits per heavy atom. The number of hydrogen-bond donors (Lipinski definition) is 2. The minimum Gasteiger partial charge on any atom is -0.361 e. The molecule has 2 atom stereocenters. The summed E-state index contributed by atoms with van der Waals surface area (Å²) in [5.74, 6) is -0.243. The number of hydrogen-bond acceptors (Lipinski definition) is 2. The zero-order valence-corrected chi connectivity index (χ0v) is 21.8. The van der Waals surface area contributed by atoms with Gasteiger partial charge in [-0.15, -0.1) is 0 Å². The number of benzene rings is 3. The van der Waals surface area contributed by atoms with E-state index >= 15 is 0 Å². The Bertz CT molecular complexity index is 1740. The first-order valence-electron chi connectivity index (χ1n) is 13.0. The molecule has 1 saturated heterocycles. The molecule has 6 nitrogen and oxygen atoms in total. The standard InChI is InChI=1S/C31H27ClN4O2/c1-31-29-28(22-10-4-7-13-26(22)34-29)23(21-9-2-5-11-24(21)32)17-36(31)27(37)18-35(30(31)38)15-14-19-16-33-25-12-6-3-8-20(19)25/h2-13,16,23,33-34H,14-15,17-18H2,1H3/t23?,31-/m0/s1. The molecule has 5 aromatic rings. The van der Waals surface area contributed by atoms with Crippen LogP contribution in [0.3, 0.4) is 0 Å². The Morgan fingerprint density at radius 3 is 2.47 bits per heavy atom. The van der Waals surface area contributed by atoms with Gasteiger partial charge in [-0.2, -0.15) is 0 Å². The van der Waals surface area contributed by atoms with Gasteiger partial charge in [-0.3, -0.25) is 9.59 Å². The molecule has 0 bridgehead atoms. The summed E-state index contributed by atoms with van der Waals surface area (Å²) in [6.07, 6.45) is 2.67. The summed E-state index contributed by atoms with van der Waals surface area (Å²) in [5, 5.41) is 2.87. The average molecular weight is 523 g/mol. The number of aromatic amines is 2. The van der Waals surface area contributed by atoms with E-state index in [9.17, 15) is 9.59 Å². The van der Waals surface area contributed by atoms with Crippen LogP contribution in [0.4, 0.5) is 0 Å². The molecule has 38 heavy (non-hydrogen) atoms. The zero-order valence-electron chi connectivity index (χ0n) is 21.0. The average Bonchev–Trinajstić information content (AvgIpc) is 3.53. The summed E-state index contributed by atoms with van der Waals surface area (Å²) in [4.78, 5) is 38.4. The van der Waals surface area contributed by atoms with E-state index in [2.05, 4.69) is 22.1 Å². The van der Waals surface area contributed by atoms with Crippen molar-refractivity contribution in [3.63, 3.8) is 0 Å². The number of para-hydroxylation sites is 2. The van der Waals surface area contributed by atoms with Gasteiger partial charge in [-0.1, -0.05) is 66.2 Å². The minimum atomic E-state index is -1.12. The van der Waals surface area contributed by atoms with Crippen LogP contribution in [-0.2, 0) is 21.5 Å². The molecule has 2 N–H and O–H groups in total. The van der Waals surface area contributed by atoms with Crippen molar-refractivity contribution in [2.45, 2.75) is 24.8 Å². The number of rotatable bonds is 4. The van der Waals surface area contributed by atoms with Crippen LogP contribution < -0.4 is 0 Å². The predicted molar refractivity (Wildman–Crippen MR) is 149 cm³/mol. The van der Waals surface area contributed by atoms with Crippen LogP contribution in [0.2, 0.25) is 5.02 Å². The second-order valence-electron chi connectivity index (χ2n) is 10.4. The molecule has 2 aromatic heterocycles. The summed E-state index contributed by atoms with van der Waals surface area (Å²) in [7, 11) is 0. The Balaban J connectivity index is 1.31. The van der Waals surface area contributed by atoms with E-state index in [4.69, 9.17) is 11.6 Å². The predicted octanol–water partition coefficient (Wildman–Crippen LogP) is 5.58. The number of amides is 2. The summed E-state index contributed by atoms with van der Waals surface area (Å²) in [6, 6.07) is 24.0. The number of fused-ring (bicyclic) bond motifs is 6. The smallest absolute Gasteiger partial charge is 0.254 e. The quantitative estimate of drug-likeness (QED) is 0.323. The highest BCUT2D eigenvalue weighted by atomic mass is 35.5. The molecule has 4 heterocycles. The number of carbonyl (C=O) groups excluding carboxylic acids is 2. The number of nitrogens with one attached hydrogen (secondary N) is 2. The van der Waals surface area contributed by atoms with E-state index in [0.29, 0.717) is 24.5 Å². The molecular weight excluding hydrogens is 496 g/mol. The van der Waals surface area contributed by atoms with Gasteiger partial charge >= 0.3 is 0 Å². The van der Waals surface area contributed by atoms with Gasteiger partial charge < -0.3 is 19.8 Å². The summed E-state index contributed by atoms with van der Waals surface area (Å²) in [6.45, 7) is 2.83.